The molecule has 0 saturated heterocycles. The number of benzene rings is 1. The molecule has 0 radical (unpaired) electrons. The Balaban J connectivity index is 2.08. The van der Waals surface area contributed by atoms with Gasteiger partial charge in [-0.3, -0.25) is 4.79 Å². The first-order valence-electron chi connectivity index (χ1n) is 6.35. The number of H-pyrrole nitrogens is 1. The number of rotatable bonds is 5. The minimum atomic E-state index is -0.0683. The molecular formula is C14H19N3O. The van der Waals surface area contributed by atoms with Crippen molar-refractivity contribution in [3.8, 4) is 0 Å². The summed E-state index contributed by atoms with van der Waals surface area (Å²) in [6.07, 6.45) is 1.12. The van der Waals surface area contributed by atoms with Crippen molar-refractivity contribution < 1.29 is 0 Å². The second-order valence-electron chi connectivity index (χ2n) is 4.89. The first-order chi connectivity index (χ1) is 8.66. The average molecular weight is 245 g/mol. The van der Waals surface area contributed by atoms with Crippen LogP contribution in [0.15, 0.2) is 29.1 Å². The second kappa shape index (κ2) is 5.78. The smallest absolute Gasteiger partial charge is 0.258 e. The van der Waals surface area contributed by atoms with Crippen LogP contribution in [0.25, 0.3) is 10.9 Å². The molecule has 0 aliphatic carbocycles. The molecular weight excluding hydrogens is 226 g/mol. The van der Waals surface area contributed by atoms with Gasteiger partial charge in [-0.2, -0.15) is 0 Å². The van der Waals surface area contributed by atoms with E-state index >= 15 is 0 Å². The molecule has 1 aromatic carbocycles. The Bertz CT molecular complexity index is 575. The van der Waals surface area contributed by atoms with Gasteiger partial charge in [0, 0.05) is 0 Å². The highest BCUT2D eigenvalue weighted by Gasteiger charge is 2.02. The number of nitrogens with zero attached hydrogens (tertiary/aromatic N) is 1. The number of fused-ring (bicyclic) bond motifs is 1. The van der Waals surface area contributed by atoms with Crippen LogP contribution in [-0.4, -0.2) is 16.5 Å². The number of nitrogens with one attached hydrogen (secondary N) is 2. The van der Waals surface area contributed by atoms with Crippen LogP contribution < -0.4 is 10.9 Å². The number of hydrogen-bond acceptors (Lipinski definition) is 3. The maximum Gasteiger partial charge on any atom is 0.258 e. The van der Waals surface area contributed by atoms with Crippen molar-refractivity contribution in [3.05, 3.63) is 40.4 Å². The Morgan fingerprint density at radius 2 is 2.11 bits per heavy atom. The molecule has 4 nitrogen and oxygen atoms in total. The summed E-state index contributed by atoms with van der Waals surface area (Å²) in [5.74, 6) is 1.38. The predicted molar refractivity (Wildman–Crippen MR) is 73.5 cm³/mol. The molecule has 0 amide bonds. The normalized spacial score (nSPS) is 11.3. The van der Waals surface area contributed by atoms with Crippen LogP contribution in [0.3, 0.4) is 0 Å². The van der Waals surface area contributed by atoms with E-state index in [1.54, 1.807) is 6.07 Å². The van der Waals surface area contributed by atoms with E-state index < -0.39 is 0 Å². The lowest BCUT2D eigenvalue weighted by atomic mass is 10.1. The Morgan fingerprint density at radius 3 is 2.89 bits per heavy atom. The summed E-state index contributed by atoms with van der Waals surface area (Å²) in [5, 5.41) is 3.93. The lowest BCUT2D eigenvalue weighted by Crippen LogP contribution is -2.21. The summed E-state index contributed by atoms with van der Waals surface area (Å²) in [7, 11) is 0. The standard InChI is InChI=1S/C14H19N3O/c1-10(2)7-8-15-9-13-16-12-6-4-3-5-11(12)14(18)17-13/h3-6,10,15H,7-9H2,1-2H3,(H,16,17,18). The Hall–Kier alpha value is -1.68. The maximum atomic E-state index is 11.8. The molecule has 0 aliphatic heterocycles. The fraction of sp³-hybridized carbons (Fsp3) is 0.429. The molecule has 0 bridgehead atoms. The van der Waals surface area contributed by atoms with Crippen molar-refractivity contribution in [3.63, 3.8) is 0 Å². The molecule has 0 aliphatic rings. The van der Waals surface area contributed by atoms with Gasteiger partial charge in [-0.25, -0.2) is 4.98 Å². The van der Waals surface area contributed by atoms with E-state index in [-0.39, 0.29) is 5.56 Å². The molecule has 2 aromatic rings. The van der Waals surface area contributed by atoms with E-state index in [0.717, 1.165) is 18.5 Å². The highest BCUT2D eigenvalue weighted by atomic mass is 16.1. The van der Waals surface area contributed by atoms with Crippen LogP contribution in [-0.2, 0) is 6.54 Å². The van der Waals surface area contributed by atoms with E-state index in [1.807, 2.05) is 18.2 Å². The van der Waals surface area contributed by atoms with Crippen LogP contribution in [0.5, 0.6) is 0 Å². The Labute approximate surface area is 106 Å². The zero-order valence-corrected chi connectivity index (χ0v) is 10.9. The second-order valence-corrected chi connectivity index (χ2v) is 4.89. The van der Waals surface area contributed by atoms with Gasteiger partial charge in [0.15, 0.2) is 0 Å². The van der Waals surface area contributed by atoms with Crippen LogP contribution in [0, 0.1) is 5.92 Å². The van der Waals surface area contributed by atoms with Gasteiger partial charge in [0.05, 0.1) is 17.4 Å². The molecule has 96 valence electrons. The molecule has 0 unspecified atom stereocenters. The summed E-state index contributed by atoms with van der Waals surface area (Å²) in [6, 6.07) is 7.39. The van der Waals surface area contributed by atoms with Gasteiger partial charge < -0.3 is 10.3 Å². The monoisotopic (exact) mass is 245 g/mol. The molecule has 1 aromatic heterocycles. The quantitative estimate of drug-likeness (QED) is 0.793. The molecule has 4 heteroatoms. The van der Waals surface area contributed by atoms with Crippen molar-refractivity contribution in [2.24, 2.45) is 5.92 Å². The van der Waals surface area contributed by atoms with Gasteiger partial charge >= 0.3 is 0 Å². The summed E-state index contributed by atoms with van der Waals surface area (Å²) >= 11 is 0. The number of para-hydroxylation sites is 1. The maximum absolute atomic E-state index is 11.8. The van der Waals surface area contributed by atoms with Crippen LogP contribution in [0.4, 0.5) is 0 Å². The van der Waals surface area contributed by atoms with Crippen molar-refractivity contribution in [1.29, 1.82) is 0 Å². The van der Waals surface area contributed by atoms with E-state index in [2.05, 4.69) is 29.1 Å². The summed E-state index contributed by atoms with van der Waals surface area (Å²) < 4.78 is 0. The molecule has 0 fully saturated rings. The third-order valence-corrected chi connectivity index (χ3v) is 2.85. The molecule has 2 N–H and O–H groups in total. The molecule has 1 heterocycles. The SMILES string of the molecule is CC(C)CCNCc1nc2ccccc2c(=O)[nH]1. The van der Waals surface area contributed by atoms with Gasteiger partial charge in [0.25, 0.3) is 5.56 Å². The molecule has 0 spiro atoms. The van der Waals surface area contributed by atoms with E-state index in [4.69, 9.17) is 0 Å². The lowest BCUT2D eigenvalue weighted by molar-refractivity contribution is 0.531. The van der Waals surface area contributed by atoms with E-state index in [1.165, 1.54) is 0 Å². The molecule has 0 atom stereocenters. The van der Waals surface area contributed by atoms with Gasteiger partial charge in [-0.05, 0) is 31.0 Å². The first-order valence-corrected chi connectivity index (χ1v) is 6.35. The topological polar surface area (TPSA) is 57.8 Å². The number of hydrogen-bond donors (Lipinski definition) is 2. The summed E-state index contributed by atoms with van der Waals surface area (Å²) in [6.45, 7) is 5.93. The predicted octanol–water partition coefficient (Wildman–Crippen LogP) is 2.06. The zero-order valence-electron chi connectivity index (χ0n) is 10.9. The van der Waals surface area contributed by atoms with E-state index in [0.29, 0.717) is 23.7 Å². The number of aromatic amines is 1. The Kier molecular flexibility index (Phi) is 4.10. The first kappa shape index (κ1) is 12.8. The molecule has 0 saturated carbocycles. The zero-order chi connectivity index (χ0) is 13.0. The third-order valence-electron chi connectivity index (χ3n) is 2.85. The summed E-state index contributed by atoms with van der Waals surface area (Å²) in [5.41, 5.74) is 0.683. The van der Waals surface area contributed by atoms with Crippen molar-refractivity contribution >= 4 is 10.9 Å². The Morgan fingerprint density at radius 1 is 1.33 bits per heavy atom. The average Bonchev–Trinajstić information content (AvgIpc) is 2.35. The third kappa shape index (κ3) is 3.17. The van der Waals surface area contributed by atoms with Gasteiger partial charge in [0.1, 0.15) is 5.82 Å². The van der Waals surface area contributed by atoms with Crippen molar-refractivity contribution in [1.82, 2.24) is 15.3 Å². The van der Waals surface area contributed by atoms with Crippen LogP contribution in [0.1, 0.15) is 26.1 Å². The summed E-state index contributed by atoms with van der Waals surface area (Å²) in [4.78, 5) is 19.1. The van der Waals surface area contributed by atoms with Gasteiger partial charge in [0.2, 0.25) is 0 Å². The lowest BCUT2D eigenvalue weighted by Gasteiger charge is -2.07. The minimum Gasteiger partial charge on any atom is -0.310 e. The van der Waals surface area contributed by atoms with E-state index in [9.17, 15) is 4.79 Å². The fourth-order valence-electron chi connectivity index (χ4n) is 1.82. The highest BCUT2D eigenvalue weighted by Crippen LogP contribution is 2.05. The van der Waals surface area contributed by atoms with Gasteiger partial charge in [-0.1, -0.05) is 26.0 Å². The highest BCUT2D eigenvalue weighted by molar-refractivity contribution is 5.77. The number of aromatic nitrogens is 2. The van der Waals surface area contributed by atoms with Gasteiger partial charge in [-0.15, -0.1) is 0 Å². The van der Waals surface area contributed by atoms with Crippen LogP contribution >= 0.6 is 0 Å². The van der Waals surface area contributed by atoms with Crippen molar-refractivity contribution in [2.45, 2.75) is 26.8 Å². The van der Waals surface area contributed by atoms with Crippen LogP contribution in [0.2, 0.25) is 0 Å². The minimum absolute atomic E-state index is 0.0683. The fourth-order valence-corrected chi connectivity index (χ4v) is 1.82. The largest absolute Gasteiger partial charge is 0.310 e. The van der Waals surface area contributed by atoms with Crippen molar-refractivity contribution in [2.75, 3.05) is 6.54 Å². The molecule has 18 heavy (non-hydrogen) atoms. The molecule has 2 rings (SSSR count).